The van der Waals surface area contributed by atoms with Crippen LogP contribution in [0.2, 0.25) is 0 Å². The predicted octanol–water partition coefficient (Wildman–Crippen LogP) is 5.32. The first-order valence-electron chi connectivity index (χ1n) is 10.9. The van der Waals surface area contributed by atoms with E-state index < -0.39 is 17.5 Å². The summed E-state index contributed by atoms with van der Waals surface area (Å²) < 4.78 is 17.7. The van der Waals surface area contributed by atoms with Gasteiger partial charge in [0.2, 0.25) is 5.78 Å². The van der Waals surface area contributed by atoms with E-state index >= 15 is 0 Å². The number of hydrogen-bond donors (Lipinski definition) is 1. The lowest BCUT2D eigenvalue weighted by Crippen LogP contribution is -2.47. The second-order valence-electron chi connectivity index (χ2n) is 9.06. The highest BCUT2D eigenvalue weighted by atomic mass is 35.5. The molecule has 0 saturated carbocycles. The molecule has 1 saturated heterocycles. The molecule has 1 aliphatic carbocycles. The number of aliphatic hydroxyl groups is 1. The molecular formula is C25H33ClO5. The van der Waals surface area contributed by atoms with Crippen LogP contribution in [0.25, 0.3) is 0 Å². The van der Waals surface area contributed by atoms with Crippen LogP contribution in [0.4, 0.5) is 0 Å². The minimum Gasteiger partial charge on any atom is -0.465 e. The molecule has 1 fully saturated rings. The summed E-state index contributed by atoms with van der Waals surface area (Å²) in [5.41, 5.74) is 1.46. The molecule has 0 radical (unpaired) electrons. The van der Waals surface area contributed by atoms with E-state index in [2.05, 4.69) is 26.8 Å². The smallest absolute Gasteiger partial charge is 0.207 e. The zero-order valence-electron chi connectivity index (χ0n) is 19.2. The van der Waals surface area contributed by atoms with Gasteiger partial charge in [-0.05, 0) is 38.8 Å². The average Bonchev–Trinajstić information content (AvgIpc) is 3.03. The van der Waals surface area contributed by atoms with Crippen molar-refractivity contribution in [1.29, 1.82) is 0 Å². The number of methoxy groups -OCH3 is 1. The zero-order chi connectivity index (χ0) is 23.0. The van der Waals surface area contributed by atoms with Gasteiger partial charge in [-0.2, -0.15) is 0 Å². The number of carbonyl (C=O) groups is 1. The van der Waals surface area contributed by atoms with Gasteiger partial charge in [-0.25, -0.2) is 0 Å². The predicted molar refractivity (Wildman–Crippen MR) is 121 cm³/mol. The lowest BCUT2D eigenvalue weighted by molar-refractivity contribution is -0.243. The van der Waals surface area contributed by atoms with E-state index in [1.165, 1.54) is 7.11 Å². The van der Waals surface area contributed by atoms with Gasteiger partial charge in [0.05, 0.1) is 17.4 Å². The molecule has 0 bridgehead atoms. The fourth-order valence-corrected chi connectivity index (χ4v) is 4.93. The van der Waals surface area contributed by atoms with Crippen LogP contribution in [0.15, 0.2) is 58.1 Å². The maximum atomic E-state index is 13.2. The molecule has 6 heteroatoms. The highest BCUT2D eigenvalue weighted by Gasteiger charge is 2.62. The fourth-order valence-electron chi connectivity index (χ4n) is 4.58. The highest BCUT2D eigenvalue weighted by Crippen LogP contribution is 2.55. The molecule has 2 heterocycles. The first-order valence-corrected chi connectivity index (χ1v) is 11.3. The molecule has 5 unspecified atom stereocenters. The highest BCUT2D eigenvalue weighted by molar-refractivity contribution is 6.45. The van der Waals surface area contributed by atoms with E-state index in [0.717, 1.165) is 17.6 Å². The summed E-state index contributed by atoms with van der Waals surface area (Å²) in [7, 11) is 1.54. The third-order valence-electron chi connectivity index (χ3n) is 6.44. The van der Waals surface area contributed by atoms with Crippen molar-refractivity contribution in [3.05, 3.63) is 58.1 Å². The van der Waals surface area contributed by atoms with E-state index in [1.807, 2.05) is 18.2 Å². The van der Waals surface area contributed by atoms with Crippen molar-refractivity contribution in [2.75, 3.05) is 7.11 Å². The number of ketones is 1. The number of Topliss-reactive ketones (excluding diaryl/α,β-unsaturated/α-hetero) is 1. The van der Waals surface area contributed by atoms with Gasteiger partial charge in [0.25, 0.3) is 0 Å². The molecule has 0 amide bonds. The Balaban J connectivity index is 1.91. The normalized spacial score (nSPS) is 33.0. The molecule has 0 aromatic rings. The summed E-state index contributed by atoms with van der Waals surface area (Å²) in [6, 6.07) is 0. The third-order valence-corrected chi connectivity index (χ3v) is 6.82. The summed E-state index contributed by atoms with van der Waals surface area (Å²) >= 11 is 6.54. The lowest BCUT2D eigenvalue weighted by Gasteiger charge is -2.37. The van der Waals surface area contributed by atoms with Gasteiger partial charge in [-0.15, -0.1) is 0 Å². The number of aliphatic hydroxyl groups excluding tert-OH is 1. The van der Waals surface area contributed by atoms with E-state index in [-0.39, 0.29) is 23.2 Å². The topological polar surface area (TPSA) is 65.0 Å². The van der Waals surface area contributed by atoms with E-state index in [9.17, 15) is 9.90 Å². The summed E-state index contributed by atoms with van der Waals surface area (Å²) in [6.45, 7) is 9.81. The van der Waals surface area contributed by atoms with Crippen LogP contribution in [-0.2, 0) is 19.0 Å². The molecule has 0 aromatic heterocycles. The molecule has 2 aliphatic heterocycles. The Morgan fingerprint density at radius 2 is 2.16 bits per heavy atom. The number of halogens is 1. The standard InChI is InChI=1S/C25H33ClO5/c1-7-15(2)10-16(3)8-9-18-11-19-20(14-30-18)21-13-25(29-6,12-17(4)27)31-24(21,5)23(28)22(19)26/h8-11,14-15,17,21,27H,7,12-13H2,1-6H3. The van der Waals surface area contributed by atoms with Gasteiger partial charge in [0.15, 0.2) is 5.79 Å². The van der Waals surface area contributed by atoms with Crippen molar-refractivity contribution in [3.63, 3.8) is 0 Å². The molecule has 5 nitrogen and oxygen atoms in total. The first kappa shape index (κ1) is 24.0. The largest absolute Gasteiger partial charge is 0.465 e. The van der Waals surface area contributed by atoms with Crippen molar-refractivity contribution >= 4 is 17.4 Å². The third kappa shape index (κ3) is 4.61. The maximum Gasteiger partial charge on any atom is 0.207 e. The summed E-state index contributed by atoms with van der Waals surface area (Å²) in [5, 5.41) is 10.1. The molecule has 1 N–H and O–H groups in total. The number of hydrogen-bond acceptors (Lipinski definition) is 5. The van der Waals surface area contributed by atoms with E-state index in [0.29, 0.717) is 23.7 Å². The van der Waals surface area contributed by atoms with Crippen LogP contribution in [0.5, 0.6) is 0 Å². The number of carbonyl (C=O) groups excluding carboxylic acids is 1. The Morgan fingerprint density at radius 3 is 2.77 bits per heavy atom. The Kier molecular flexibility index (Phi) is 7.02. The second-order valence-corrected chi connectivity index (χ2v) is 9.44. The van der Waals surface area contributed by atoms with Gasteiger partial charge in [-0.1, -0.05) is 49.6 Å². The van der Waals surface area contributed by atoms with Crippen molar-refractivity contribution < 1.29 is 24.1 Å². The van der Waals surface area contributed by atoms with E-state index in [4.69, 9.17) is 25.8 Å². The minimum atomic E-state index is -1.17. The first-order chi connectivity index (χ1) is 14.5. The molecule has 170 valence electrons. The Morgan fingerprint density at radius 1 is 1.45 bits per heavy atom. The van der Waals surface area contributed by atoms with Gasteiger partial charge in [0.1, 0.15) is 11.4 Å². The Hall–Kier alpha value is -1.66. The Labute approximate surface area is 190 Å². The summed E-state index contributed by atoms with van der Waals surface area (Å²) in [5.74, 6) is -0.493. The molecule has 3 rings (SSSR count). The van der Waals surface area contributed by atoms with Crippen LogP contribution in [0.1, 0.15) is 53.9 Å². The number of ether oxygens (including phenoxy) is 3. The molecule has 31 heavy (non-hydrogen) atoms. The summed E-state index contributed by atoms with van der Waals surface area (Å²) in [4.78, 5) is 13.2. The van der Waals surface area contributed by atoms with E-state index in [1.54, 1.807) is 20.1 Å². The van der Waals surface area contributed by atoms with Crippen LogP contribution in [-0.4, -0.2) is 35.5 Å². The number of allylic oxidation sites excluding steroid dienone is 6. The lowest BCUT2D eigenvalue weighted by atomic mass is 9.71. The molecule has 0 aromatic carbocycles. The summed E-state index contributed by atoms with van der Waals surface area (Å²) in [6.07, 6.45) is 10.7. The van der Waals surface area contributed by atoms with Gasteiger partial charge in [-0.3, -0.25) is 4.79 Å². The molecule has 0 spiro atoms. The maximum absolute atomic E-state index is 13.2. The van der Waals surface area contributed by atoms with Crippen LogP contribution in [0.3, 0.4) is 0 Å². The van der Waals surface area contributed by atoms with Crippen LogP contribution in [0, 0.1) is 11.8 Å². The van der Waals surface area contributed by atoms with Crippen LogP contribution >= 0.6 is 11.6 Å². The molecular weight excluding hydrogens is 416 g/mol. The number of fused-ring (bicyclic) bond motifs is 3. The SMILES string of the molecule is CCC(C)C=C(C)C=CC1=CC2=C(Cl)C(=O)C3(C)OC(CC(C)O)(OC)CC3C2=CO1. The monoisotopic (exact) mass is 448 g/mol. The molecule has 3 aliphatic rings. The number of rotatable bonds is 7. The van der Waals surface area contributed by atoms with Gasteiger partial charge in [0, 0.05) is 37.0 Å². The second kappa shape index (κ2) is 9.07. The van der Waals surface area contributed by atoms with Crippen molar-refractivity contribution in [1.82, 2.24) is 0 Å². The Bertz CT molecular complexity index is 894. The minimum absolute atomic E-state index is 0.134. The average molecular weight is 449 g/mol. The van der Waals surface area contributed by atoms with Crippen molar-refractivity contribution in [3.8, 4) is 0 Å². The van der Waals surface area contributed by atoms with Gasteiger partial charge >= 0.3 is 0 Å². The molecule has 5 atom stereocenters. The van der Waals surface area contributed by atoms with Crippen molar-refractivity contribution in [2.24, 2.45) is 11.8 Å². The van der Waals surface area contributed by atoms with Gasteiger partial charge < -0.3 is 19.3 Å². The fraction of sp³-hybridized carbons (Fsp3) is 0.560. The van der Waals surface area contributed by atoms with Crippen LogP contribution < -0.4 is 0 Å². The quantitative estimate of drug-likeness (QED) is 0.534. The zero-order valence-corrected chi connectivity index (χ0v) is 20.0. The van der Waals surface area contributed by atoms with Crippen molar-refractivity contribution in [2.45, 2.75) is 71.4 Å².